The molecule has 0 spiro atoms. The average Bonchev–Trinajstić information content (AvgIpc) is 2.39. The van der Waals surface area contributed by atoms with Crippen LogP contribution >= 0.6 is 0 Å². The molecule has 0 aliphatic heterocycles. The summed E-state index contributed by atoms with van der Waals surface area (Å²) >= 11 is 0. The summed E-state index contributed by atoms with van der Waals surface area (Å²) in [5.41, 5.74) is -0.0499. The summed E-state index contributed by atoms with van der Waals surface area (Å²) < 4.78 is 31.5. The van der Waals surface area contributed by atoms with Crippen molar-refractivity contribution < 1.29 is 23.1 Å². The van der Waals surface area contributed by atoms with Gasteiger partial charge in [-0.3, -0.25) is 9.63 Å². The number of ether oxygens (including phenoxy) is 1. The molecule has 0 aliphatic rings. The molecule has 0 unspecified atom stereocenters. The zero-order valence-corrected chi connectivity index (χ0v) is 10.2. The Bertz CT molecular complexity index is 475. The summed E-state index contributed by atoms with van der Waals surface area (Å²) in [6.07, 6.45) is 2.24. The molecule has 0 heterocycles. The zero-order valence-electron chi connectivity index (χ0n) is 10.2. The van der Waals surface area contributed by atoms with Crippen LogP contribution in [0.4, 0.5) is 8.78 Å². The maximum atomic E-state index is 13.5. The highest BCUT2D eigenvalue weighted by atomic mass is 19.2. The summed E-state index contributed by atoms with van der Waals surface area (Å²) in [4.78, 5) is 16.0. The van der Waals surface area contributed by atoms with Crippen molar-refractivity contribution >= 4 is 12.0 Å². The predicted octanol–water partition coefficient (Wildman–Crippen LogP) is 2.01. The standard InChI is InChI=1S/C12H13F2NO3/c1-15(18-3)10(16)7-5-8-4-6-9(17-2)12(14)11(8)13/h4-7H,1-3H3/b7-5+. The molecule has 4 nitrogen and oxygen atoms in total. The van der Waals surface area contributed by atoms with Crippen molar-refractivity contribution in [2.24, 2.45) is 0 Å². The minimum absolute atomic E-state index is 0.0499. The number of rotatable bonds is 4. The number of carbonyl (C=O) groups is 1. The highest BCUT2D eigenvalue weighted by molar-refractivity contribution is 5.90. The highest BCUT2D eigenvalue weighted by Gasteiger charge is 2.12. The summed E-state index contributed by atoms with van der Waals surface area (Å²) in [6, 6.07) is 2.59. The van der Waals surface area contributed by atoms with Crippen LogP contribution in [0.5, 0.6) is 5.75 Å². The maximum Gasteiger partial charge on any atom is 0.269 e. The molecule has 0 atom stereocenters. The number of hydrogen-bond donors (Lipinski definition) is 0. The molecule has 0 radical (unpaired) electrons. The Morgan fingerprint density at radius 2 is 1.94 bits per heavy atom. The van der Waals surface area contributed by atoms with Gasteiger partial charge in [-0.1, -0.05) is 0 Å². The van der Waals surface area contributed by atoms with Crippen LogP contribution in [-0.4, -0.2) is 32.2 Å². The number of nitrogens with zero attached hydrogens (tertiary/aromatic N) is 1. The Labute approximate surface area is 103 Å². The number of hydroxylamine groups is 2. The monoisotopic (exact) mass is 257 g/mol. The molecule has 18 heavy (non-hydrogen) atoms. The third kappa shape index (κ3) is 3.04. The quantitative estimate of drug-likeness (QED) is 0.611. The van der Waals surface area contributed by atoms with Gasteiger partial charge in [-0.2, -0.15) is 4.39 Å². The van der Waals surface area contributed by atoms with Crippen LogP contribution in [0, 0.1) is 11.6 Å². The minimum Gasteiger partial charge on any atom is -0.494 e. The van der Waals surface area contributed by atoms with E-state index in [0.717, 1.165) is 17.2 Å². The van der Waals surface area contributed by atoms with Gasteiger partial charge in [0.1, 0.15) is 0 Å². The topological polar surface area (TPSA) is 38.8 Å². The van der Waals surface area contributed by atoms with Crippen molar-refractivity contribution in [2.45, 2.75) is 0 Å². The maximum absolute atomic E-state index is 13.5. The molecule has 0 saturated heterocycles. The van der Waals surface area contributed by atoms with E-state index in [1.165, 1.54) is 33.4 Å². The fourth-order valence-electron chi connectivity index (χ4n) is 1.19. The molecular formula is C12H13F2NO3. The first kappa shape index (κ1) is 14.1. The second-order valence-corrected chi connectivity index (χ2v) is 3.34. The van der Waals surface area contributed by atoms with Crippen molar-refractivity contribution in [2.75, 3.05) is 21.3 Å². The first-order chi connectivity index (χ1) is 8.51. The number of benzene rings is 1. The lowest BCUT2D eigenvalue weighted by atomic mass is 10.1. The molecule has 0 bridgehead atoms. The van der Waals surface area contributed by atoms with E-state index in [0.29, 0.717) is 0 Å². The van der Waals surface area contributed by atoms with E-state index >= 15 is 0 Å². The normalized spacial score (nSPS) is 10.7. The van der Waals surface area contributed by atoms with E-state index in [2.05, 4.69) is 9.57 Å². The Morgan fingerprint density at radius 3 is 2.50 bits per heavy atom. The molecule has 6 heteroatoms. The molecule has 0 N–H and O–H groups in total. The van der Waals surface area contributed by atoms with Gasteiger partial charge in [0.25, 0.3) is 5.91 Å². The Kier molecular flexibility index (Phi) is 4.79. The molecule has 0 fully saturated rings. The largest absolute Gasteiger partial charge is 0.494 e. The average molecular weight is 257 g/mol. The van der Waals surface area contributed by atoms with Crippen molar-refractivity contribution in [3.05, 3.63) is 35.4 Å². The van der Waals surface area contributed by atoms with Crippen molar-refractivity contribution in [1.29, 1.82) is 0 Å². The van der Waals surface area contributed by atoms with Gasteiger partial charge < -0.3 is 4.74 Å². The molecular weight excluding hydrogens is 244 g/mol. The zero-order chi connectivity index (χ0) is 13.7. The Morgan fingerprint density at radius 1 is 1.28 bits per heavy atom. The molecule has 98 valence electrons. The third-order valence-electron chi connectivity index (χ3n) is 2.29. The van der Waals surface area contributed by atoms with Gasteiger partial charge >= 0.3 is 0 Å². The summed E-state index contributed by atoms with van der Waals surface area (Å²) in [5, 5.41) is 0.953. The van der Waals surface area contributed by atoms with Crippen LogP contribution in [0.25, 0.3) is 6.08 Å². The first-order valence-electron chi connectivity index (χ1n) is 5.03. The summed E-state index contributed by atoms with van der Waals surface area (Å²) in [7, 11) is 3.96. The smallest absolute Gasteiger partial charge is 0.269 e. The lowest BCUT2D eigenvalue weighted by Gasteiger charge is -2.10. The van der Waals surface area contributed by atoms with E-state index in [9.17, 15) is 13.6 Å². The second-order valence-electron chi connectivity index (χ2n) is 3.34. The SMILES string of the molecule is COc1ccc(/C=C/C(=O)N(C)OC)c(F)c1F. The second kappa shape index (κ2) is 6.11. The third-order valence-corrected chi connectivity index (χ3v) is 2.29. The van der Waals surface area contributed by atoms with Crippen molar-refractivity contribution in [1.82, 2.24) is 5.06 Å². The number of methoxy groups -OCH3 is 1. The predicted molar refractivity (Wildman–Crippen MR) is 61.7 cm³/mol. The van der Waals surface area contributed by atoms with Crippen molar-refractivity contribution in [3.8, 4) is 5.75 Å². The number of carbonyl (C=O) groups excluding carboxylic acids is 1. The lowest BCUT2D eigenvalue weighted by molar-refractivity contribution is -0.162. The van der Waals surface area contributed by atoms with Gasteiger partial charge in [-0.15, -0.1) is 0 Å². The number of halogens is 2. The van der Waals surface area contributed by atoms with Gasteiger partial charge in [0.2, 0.25) is 5.82 Å². The van der Waals surface area contributed by atoms with Gasteiger partial charge in [0.05, 0.1) is 14.2 Å². The molecule has 0 saturated carbocycles. The summed E-state index contributed by atoms with van der Waals surface area (Å²) in [6.45, 7) is 0. The van der Waals surface area contributed by atoms with E-state index in [-0.39, 0.29) is 11.3 Å². The van der Waals surface area contributed by atoms with Crippen LogP contribution in [-0.2, 0) is 9.63 Å². The van der Waals surface area contributed by atoms with Gasteiger partial charge in [0, 0.05) is 18.7 Å². The fourth-order valence-corrected chi connectivity index (χ4v) is 1.19. The van der Waals surface area contributed by atoms with Crippen LogP contribution in [0.3, 0.4) is 0 Å². The van der Waals surface area contributed by atoms with E-state index in [4.69, 9.17) is 0 Å². The van der Waals surface area contributed by atoms with Crippen molar-refractivity contribution in [3.63, 3.8) is 0 Å². The van der Waals surface area contributed by atoms with Gasteiger partial charge in [-0.25, -0.2) is 9.45 Å². The number of likely N-dealkylation sites (N-methyl/N-ethyl adjacent to an activating group) is 1. The fraction of sp³-hybridized carbons (Fsp3) is 0.250. The van der Waals surface area contributed by atoms with Gasteiger partial charge in [0.15, 0.2) is 11.6 Å². The number of amides is 1. The van der Waals surface area contributed by atoms with Crippen LogP contribution in [0.1, 0.15) is 5.56 Å². The highest BCUT2D eigenvalue weighted by Crippen LogP contribution is 2.23. The Hall–Kier alpha value is -1.95. The molecule has 1 amide bonds. The van der Waals surface area contributed by atoms with E-state index in [1.807, 2.05) is 0 Å². The molecule has 1 rings (SSSR count). The number of hydrogen-bond acceptors (Lipinski definition) is 3. The Balaban J connectivity index is 2.96. The molecule has 0 aromatic heterocycles. The van der Waals surface area contributed by atoms with E-state index < -0.39 is 17.5 Å². The van der Waals surface area contributed by atoms with Crippen LogP contribution < -0.4 is 4.74 Å². The van der Waals surface area contributed by atoms with Crippen LogP contribution in [0.2, 0.25) is 0 Å². The molecule has 1 aromatic rings. The van der Waals surface area contributed by atoms with Gasteiger partial charge in [-0.05, 0) is 18.2 Å². The first-order valence-corrected chi connectivity index (χ1v) is 5.03. The van der Waals surface area contributed by atoms with E-state index in [1.54, 1.807) is 0 Å². The molecule has 0 aliphatic carbocycles. The lowest BCUT2D eigenvalue weighted by Crippen LogP contribution is -2.22. The summed E-state index contributed by atoms with van der Waals surface area (Å²) in [5.74, 6) is -2.84. The minimum atomic E-state index is -1.09. The van der Waals surface area contributed by atoms with Crippen LogP contribution in [0.15, 0.2) is 18.2 Å². The molecule has 1 aromatic carbocycles.